The smallest absolute Gasteiger partial charge is 0.429 e. The molecule has 22 heteroatoms. The number of hydrogen-bond donors (Lipinski definition) is 4. The van der Waals surface area contributed by atoms with Gasteiger partial charge in [0.05, 0.1) is 6.61 Å². The van der Waals surface area contributed by atoms with Gasteiger partial charge < -0.3 is 24.8 Å². The van der Waals surface area contributed by atoms with E-state index in [1.807, 2.05) is 0 Å². The van der Waals surface area contributed by atoms with Gasteiger partial charge in [-0.2, -0.15) is 0 Å². The van der Waals surface area contributed by atoms with Gasteiger partial charge in [-0.15, -0.1) is 0 Å². The average molecular weight is 448 g/mol. The lowest BCUT2D eigenvalue weighted by atomic mass is 10.0. The molecule has 0 aromatic heterocycles. The molecule has 22 nitrogen and oxygen atoms in total. The van der Waals surface area contributed by atoms with Gasteiger partial charge in [-0.3, -0.25) is 0 Å². The lowest BCUT2D eigenvalue weighted by Gasteiger charge is -2.34. The first-order valence-corrected chi connectivity index (χ1v) is 6.53. The van der Waals surface area contributed by atoms with Gasteiger partial charge in [0.1, 0.15) is 31.0 Å². The van der Waals surface area contributed by atoms with Gasteiger partial charge in [-0.1, -0.05) is 0 Å². The van der Waals surface area contributed by atoms with Gasteiger partial charge >= 0.3 is 6.16 Å². The second-order valence-corrected chi connectivity index (χ2v) is 4.02. The number of carbonyl (C=O) groups excluding carboxylic acids is 1. The van der Waals surface area contributed by atoms with Crippen molar-refractivity contribution in [2.75, 3.05) is 13.2 Å². The summed E-state index contributed by atoms with van der Waals surface area (Å²) in [6.07, 6.45) is -6.92. The van der Waals surface area contributed by atoms with E-state index in [4.69, 9.17) is 9.99 Å². The van der Waals surface area contributed by atoms with Crippen molar-refractivity contribution in [3.05, 3.63) is 0 Å². The zero-order valence-electron chi connectivity index (χ0n) is 13.4. The first-order chi connectivity index (χ1) is 14.1. The molecule has 0 amide bonds. The van der Waals surface area contributed by atoms with Crippen LogP contribution in [0.25, 0.3) is 0 Å². The minimum Gasteiger partial charge on any atom is -0.429 e. The molecular formula is C7H12O22. The molecule has 4 atom stereocenters. The third-order valence-electron chi connectivity index (χ3n) is 2.44. The molecule has 4 unspecified atom stereocenters. The van der Waals surface area contributed by atoms with Crippen LogP contribution in [-0.2, 0) is 84.9 Å². The number of aliphatic hydroxyl groups is 3. The van der Waals surface area contributed by atoms with Gasteiger partial charge in [0, 0.05) is 35.3 Å². The van der Waals surface area contributed by atoms with Crippen molar-refractivity contribution in [1.82, 2.24) is 0 Å². The standard InChI is InChI=1S/C7H12O22/c8-3-1-13-4(6(10)5(3)9)2-14-7(11)15-17-19-21-23-25-27-29-28-26-24-22-20-18-16-12/h3-6,8-10,12H,1-2H2. The van der Waals surface area contributed by atoms with Crippen molar-refractivity contribution >= 4 is 6.16 Å². The van der Waals surface area contributed by atoms with E-state index in [0.29, 0.717) is 0 Å². The number of rotatable bonds is 16. The van der Waals surface area contributed by atoms with Crippen LogP contribution >= 0.6 is 0 Å². The van der Waals surface area contributed by atoms with Crippen molar-refractivity contribution in [1.29, 1.82) is 0 Å². The van der Waals surface area contributed by atoms with E-state index in [-0.39, 0.29) is 6.61 Å². The minimum absolute atomic E-state index is 0.292. The molecule has 4 N–H and O–H groups in total. The summed E-state index contributed by atoms with van der Waals surface area (Å²) in [6, 6.07) is 0. The second-order valence-electron chi connectivity index (χ2n) is 4.02. The molecule has 0 aromatic carbocycles. The van der Waals surface area contributed by atoms with Crippen molar-refractivity contribution in [3.63, 3.8) is 0 Å². The van der Waals surface area contributed by atoms with E-state index in [0.717, 1.165) is 0 Å². The summed E-state index contributed by atoms with van der Waals surface area (Å²) in [4.78, 5) is 14.9. The van der Waals surface area contributed by atoms with Crippen molar-refractivity contribution in [3.8, 4) is 0 Å². The Hall–Kier alpha value is -1.49. The monoisotopic (exact) mass is 448 g/mol. The Bertz CT molecular complexity index is 405. The molecule has 29 heavy (non-hydrogen) atoms. The predicted molar refractivity (Wildman–Crippen MR) is 58.0 cm³/mol. The van der Waals surface area contributed by atoms with E-state index in [1.54, 1.807) is 0 Å². The second kappa shape index (κ2) is 16.3. The zero-order chi connectivity index (χ0) is 21.3. The van der Waals surface area contributed by atoms with E-state index < -0.39 is 37.2 Å². The number of carbonyl (C=O) groups is 1. The fourth-order valence-corrected chi connectivity index (χ4v) is 1.37. The van der Waals surface area contributed by atoms with Gasteiger partial charge in [-0.25, -0.2) is 14.9 Å². The largest absolute Gasteiger partial charge is 0.542 e. The normalized spacial score (nSPS) is 24.4. The molecule has 0 spiro atoms. The topological polar surface area (TPSA) is 255 Å². The van der Waals surface area contributed by atoms with Gasteiger partial charge in [0.2, 0.25) is 0 Å². The molecule has 0 radical (unpaired) electrons. The summed E-state index contributed by atoms with van der Waals surface area (Å²) in [5, 5.41) is 84.0. The molecule has 0 aliphatic carbocycles. The van der Waals surface area contributed by atoms with E-state index in [9.17, 15) is 20.1 Å². The summed E-state index contributed by atoms with van der Waals surface area (Å²) in [5.74, 6) is 0. The fourth-order valence-electron chi connectivity index (χ4n) is 1.37. The highest BCUT2D eigenvalue weighted by Crippen LogP contribution is 2.16. The van der Waals surface area contributed by atoms with Crippen LogP contribution in [0.15, 0.2) is 0 Å². The van der Waals surface area contributed by atoms with Gasteiger partial charge in [0.15, 0.2) is 0 Å². The lowest BCUT2D eigenvalue weighted by molar-refractivity contribution is -0.882. The first kappa shape index (κ1) is 25.5. The lowest BCUT2D eigenvalue weighted by Crippen LogP contribution is -2.54. The average Bonchev–Trinajstić information content (AvgIpc) is 2.71. The molecule has 0 aromatic rings. The first-order valence-electron chi connectivity index (χ1n) is 6.53. The number of hydrogen-bond acceptors (Lipinski definition) is 22. The van der Waals surface area contributed by atoms with Crippen molar-refractivity contribution in [2.45, 2.75) is 24.4 Å². The maximum absolute atomic E-state index is 11.1. The highest BCUT2D eigenvalue weighted by Gasteiger charge is 2.38. The third kappa shape index (κ3) is 11.9. The molecule has 0 bridgehead atoms. The fraction of sp³-hybridized carbons (Fsp3) is 0.857. The molecular weight excluding hydrogens is 436 g/mol. The zero-order valence-corrected chi connectivity index (χ0v) is 13.4. The molecule has 1 aliphatic rings. The van der Waals surface area contributed by atoms with Crippen molar-refractivity contribution < 1.29 is 110 Å². The van der Waals surface area contributed by atoms with Crippen LogP contribution < -0.4 is 0 Å². The maximum atomic E-state index is 11.1. The Kier molecular flexibility index (Phi) is 14.4. The molecule has 1 heterocycles. The van der Waals surface area contributed by atoms with Crippen LogP contribution in [0.1, 0.15) is 0 Å². The predicted octanol–water partition coefficient (Wildman–Crippen LogP) is -2.86. The van der Waals surface area contributed by atoms with E-state index >= 15 is 0 Å². The molecule has 1 fully saturated rings. The molecule has 0 saturated carbocycles. The van der Waals surface area contributed by atoms with Crippen LogP contribution in [0, 0.1) is 0 Å². The van der Waals surface area contributed by atoms with Crippen LogP contribution in [0.4, 0.5) is 4.79 Å². The number of ether oxygens (including phenoxy) is 2. The SMILES string of the molecule is O=C(OCC1OCC(O)C(O)C1O)OOOOOOOOOOOOOOOO. The Morgan fingerprint density at radius 1 is 0.759 bits per heavy atom. The molecule has 1 saturated heterocycles. The van der Waals surface area contributed by atoms with E-state index in [1.165, 1.54) is 0 Å². The summed E-state index contributed by atoms with van der Waals surface area (Å²) in [6.45, 7) is -0.858. The molecule has 1 aliphatic heterocycles. The summed E-state index contributed by atoms with van der Waals surface area (Å²) in [5.41, 5.74) is 0. The van der Waals surface area contributed by atoms with Gasteiger partial charge in [-0.05, 0) is 35.3 Å². The quantitative estimate of drug-likeness (QED) is 0.0800. The summed E-state index contributed by atoms with van der Waals surface area (Å²) >= 11 is 0. The highest BCUT2D eigenvalue weighted by atomic mass is 18.0. The Labute approximate surface area is 155 Å². The van der Waals surface area contributed by atoms with E-state index in [2.05, 4.69) is 80.2 Å². The van der Waals surface area contributed by atoms with Crippen LogP contribution in [0.2, 0.25) is 0 Å². The van der Waals surface area contributed by atoms with Crippen LogP contribution in [0.5, 0.6) is 0 Å². The maximum Gasteiger partial charge on any atom is 0.542 e. The number of aliphatic hydroxyl groups excluding tert-OH is 3. The van der Waals surface area contributed by atoms with Gasteiger partial charge in [0.25, 0.3) is 0 Å². The van der Waals surface area contributed by atoms with Crippen LogP contribution in [0.3, 0.4) is 0 Å². The highest BCUT2D eigenvalue weighted by molar-refractivity contribution is 5.58. The molecule has 1 rings (SSSR count). The Balaban J connectivity index is 1.86. The summed E-state index contributed by atoms with van der Waals surface area (Å²) < 4.78 is 9.38. The minimum atomic E-state index is -1.52. The third-order valence-corrected chi connectivity index (χ3v) is 2.44. The van der Waals surface area contributed by atoms with Crippen LogP contribution in [-0.4, -0.2) is 64.4 Å². The van der Waals surface area contributed by atoms with Crippen molar-refractivity contribution in [2.24, 2.45) is 0 Å². The Morgan fingerprint density at radius 2 is 1.24 bits per heavy atom. The Morgan fingerprint density at radius 3 is 1.76 bits per heavy atom. The summed E-state index contributed by atoms with van der Waals surface area (Å²) in [7, 11) is 0. The molecule has 172 valence electrons.